The number of morpholine rings is 1. The Hall–Kier alpha value is -3.43. The molecule has 0 aliphatic carbocycles. The van der Waals surface area contributed by atoms with Gasteiger partial charge < -0.3 is 19.5 Å². The van der Waals surface area contributed by atoms with Crippen molar-refractivity contribution in [1.82, 2.24) is 9.88 Å². The summed E-state index contributed by atoms with van der Waals surface area (Å²) in [7, 11) is 1.55. The Kier molecular flexibility index (Phi) is 6.67. The highest BCUT2D eigenvalue weighted by atomic mass is 16.6. The molecule has 1 fully saturated rings. The van der Waals surface area contributed by atoms with E-state index < -0.39 is 4.92 Å². The summed E-state index contributed by atoms with van der Waals surface area (Å²) >= 11 is 0. The van der Waals surface area contributed by atoms with Crippen molar-refractivity contribution in [2.45, 2.75) is 6.92 Å². The minimum absolute atomic E-state index is 0.110. The number of hydrogen-bond donors (Lipinski definition) is 1. The quantitative estimate of drug-likeness (QED) is 0.417. The number of aromatic nitrogens is 1. The Balaban J connectivity index is 1.64. The zero-order valence-electron chi connectivity index (χ0n) is 18.2. The van der Waals surface area contributed by atoms with Crippen LogP contribution in [0.4, 0.5) is 17.1 Å². The third-order valence-electron chi connectivity index (χ3n) is 5.42. The number of pyridine rings is 1. The van der Waals surface area contributed by atoms with Gasteiger partial charge in [0, 0.05) is 36.8 Å². The van der Waals surface area contributed by atoms with Crippen molar-refractivity contribution in [2.75, 3.05) is 51.9 Å². The summed E-state index contributed by atoms with van der Waals surface area (Å²) in [5, 5.41) is 15.4. The zero-order chi connectivity index (χ0) is 22.5. The molecule has 0 unspecified atom stereocenters. The number of aryl methyl sites for hydroxylation is 1. The maximum absolute atomic E-state index is 11.7. The van der Waals surface area contributed by atoms with E-state index in [0.717, 1.165) is 44.1 Å². The maximum atomic E-state index is 11.7. The number of hydrogen-bond acceptors (Lipinski definition) is 8. The van der Waals surface area contributed by atoms with Crippen LogP contribution in [-0.4, -0.2) is 61.4 Å². The molecule has 4 rings (SSSR count). The highest BCUT2D eigenvalue weighted by Gasteiger charge is 2.21. The molecule has 32 heavy (non-hydrogen) atoms. The third-order valence-corrected chi connectivity index (χ3v) is 5.42. The summed E-state index contributed by atoms with van der Waals surface area (Å²) in [6.07, 6.45) is 1.27. The van der Waals surface area contributed by atoms with E-state index in [1.807, 2.05) is 31.2 Å². The Morgan fingerprint density at radius 2 is 1.94 bits per heavy atom. The van der Waals surface area contributed by atoms with Gasteiger partial charge in [-0.05, 0) is 25.1 Å². The number of anilines is 2. The lowest BCUT2D eigenvalue weighted by Crippen LogP contribution is -2.38. The molecule has 3 aromatic rings. The smallest absolute Gasteiger partial charge is 0.311 e. The number of methoxy groups -OCH3 is 1. The van der Waals surface area contributed by atoms with E-state index in [-0.39, 0.29) is 5.69 Å². The van der Waals surface area contributed by atoms with Crippen LogP contribution in [0.15, 0.2) is 42.6 Å². The van der Waals surface area contributed by atoms with Gasteiger partial charge >= 0.3 is 5.69 Å². The van der Waals surface area contributed by atoms with E-state index in [9.17, 15) is 10.1 Å². The first-order valence-corrected chi connectivity index (χ1v) is 10.5. The molecule has 168 valence electrons. The van der Waals surface area contributed by atoms with Gasteiger partial charge in [-0.3, -0.25) is 15.0 Å². The van der Waals surface area contributed by atoms with Crippen LogP contribution in [0.3, 0.4) is 0 Å². The van der Waals surface area contributed by atoms with Crippen molar-refractivity contribution in [3.63, 3.8) is 0 Å². The van der Waals surface area contributed by atoms with Gasteiger partial charge in [0.15, 0.2) is 11.5 Å². The summed E-state index contributed by atoms with van der Waals surface area (Å²) in [6, 6.07) is 11.1. The van der Waals surface area contributed by atoms with Crippen molar-refractivity contribution in [3.05, 3.63) is 58.3 Å². The van der Waals surface area contributed by atoms with Crippen LogP contribution in [0.25, 0.3) is 10.9 Å². The summed E-state index contributed by atoms with van der Waals surface area (Å²) in [6.45, 7) is 6.49. The van der Waals surface area contributed by atoms with Gasteiger partial charge in [0.05, 0.1) is 30.8 Å². The number of nitrogens with one attached hydrogen (secondary N) is 1. The molecular weight excluding hydrogens is 412 g/mol. The van der Waals surface area contributed by atoms with Crippen LogP contribution >= 0.6 is 0 Å². The van der Waals surface area contributed by atoms with Crippen LogP contribution in [0.5, 0.6) is 11.5 Å². The van der Waals surface area contributed by atoms with Crippen LogP contribution in [0.1, 0.15) is 5.56 Å². The first kappa shape index (κ1) is 21.8. The second kappa shape index (κ2) is 9.80. The molecule has 1 aromatic heterocycles. The second-order valence-electron chi connectivity index (χ2n) is 7.59. The van der Waals surface area contributed by atoms with Crippen molar-refractivity contribution in [2.24, 2.45) is 0 Å². The van der Waals surface area contributed by atoms with Gasteiger partial charge in [-0.1, -0.05) is 17.7 Å². The van der Waals surface area contributed by atoms with Gasteiger partial charge in [0.25, 0.3) is 0 Å². The summed E-state index contributed by atoms with van der Waals surface area (Å²) in [5.41, 5.74) is 2.68. The van der Waals surface area contributed by atoms with E-state index in [1.165, 1.54) is 6.20 Å². The molecule has 1 aliphatic heterocycles. The minimum Gasteiger partial charge on any atom is -0.493 e. The molecule has 0 bridgehead atoms. The second-order valence-corrected chi connectivity index (χ2v) is 7.59. The predicted molar refractivity (Wildman–Crippen MR) is 122 cm³/mol. The Labute approximate surface area is 186 Å². The number of fused-ring (bicyclic) bond motifs is 1. The molecular formula is C23H26N4O5. The van der Waals surface area contributed by atoms with Crippen molar-refractivity contribution in [1.29, 1.82) is 0 Å². The minimum atomic E-state index is -0.442. The molecule has 1 aliphatic rings. The maximum Gasteiger partial charge on any atom is 0.311 e. The standard InChI is InChI=1S/C23H26N4O5/c1-16-3-5-17(6-4-16)25-23-18-13-21(30-2)22(14-19(18)24-15-20(23)27(28)29)32-12-9-26-7-10-31-11-8-26/h3-6,13-15H,7-12H2,1-2H3,(H,24,25). The number of benzene rings is 2. The third kappa shape index (κ3) is 4.90. The fourth-order valence-electron chi connectivity index (χ4n) is 3.62. The largest absolute Gasteiger partial charge is 0.493 e. The number of rotatable bonds is 8. The van der Waals surface area contributed by atoms with Gasteiger partial charge in [-0.15, -0.1) is 0 Å². The van der Waals surface area contributed by atoms with Gasteiger partial charge in [0.1, 0.15) is 18.5 Å². The molecule has 0 atom stereocenters. The van der Waals surface area contributed by atoms with Gasteiger partial charge in [-0.2, -0.15) is 0 Å². The normalized spacial score (nSPS) is 14.3. The van der Waals surface area contributed by atoms with E-state index in [2.05, 4.69) is 15.2 Å². The van der Waals surface area contributed by atoms with Crippen LogP contribution in [0, 0.1) is 17.0 Å². The molecule has 2 heterocycles. The van der Waals surface area contributed by atoms with E-state index in [1.54, 1.807) is 19.2 Å². The summed E-state index contributed by atoms with van der Waals surface area (Å²) in [5.74, 6) is 1.05. The molecule has 0 saturated carbocycles. The number of ether oxygens (including phenoxy) is 3. The summed E-state index contributed by atoms with van der Waals surface area (Å²) in [4.78, 5) is 17.8. The molecule has 1 N–H and O–H groups in total. The fraction of sp³-hybridized carbons (Fsp3) is 0.348. The van der Waals surface area contributed by atoms with E-state index in [0.29, 0.717) is 34.7 Å². The van der Waals surface area contributed by atoms with Crippen LogP contribution in [-0.2, 0) is 4.74 Å². The molecule has 9 nitrogen and oxygen atoms in total. The summed E-state index contributed by atoms with van der Waals surface area (Å²) < 4.78 is 16.9. The Bertz CT molecular complexity index is 1100. The molecule has 0 spiro atoms. The van der Waals surface area contributed by atoms with Crippen LogP contribution < -0.4 is 14.8 Å². The highest BCUT2D eigenvalue weighted by Crippen LogP contribution is 2.39. The monoisotopic (exact) mass is 438 g/mol. The first-order chi connectivity index (χ1) is 15.5. The Morgan fingerprint density at radius 3 is 2.62 bits per heavy atom. The lowest BCUT2D eigenvalue weighted by molar-refractivity contribution is -0.384. The SMILES string of the molecule is COc1cc2c(Nc3ccc(C)cc3)c([N+](=O)[O-])cnc2cc1OCCN1CCOCC1. The van der Waals surface area contributed by atoms with Crippen LogP contribution in [0.2, 0.25) is 0 Å². The molecule has 2 aromatic carbocycles. The fourth-order valence-corrected chi connectivity index (χ4v) is 3.62. The number of nitrogens with zero attached hydrogens (tertiary/aromatic N) is 3. The molecule has 0 radical (unpaired) electrons. The molecule has 1 saturated heterocycles. The van der Waals surface area contributed by atoms with E-state index in [4.69, 9.17) is 14.2 Å². The topological polar surface area (TPSA) is 99.0 Å². The molecule has 0 amide bonds. The zero-order valence-corrected chi connectivity index (χ0v) is 18.2. The molecule has 9 heteroatoms. The Morgan fingerprint density at radius 1 is 1.19 bits per heavy atom. The predicted octanol–water partition coefficient (Wildman–Crippen LogP) is 3.91. The first-order valence-electron chi connectivity index (χ1n) is 10.5. The van der Waals surface area contributed by atoms with Gasteiger partial charge in [0.2, 0.25) is 0 Å². The average molecular weight is 438 g/mol. The van der Waals surface area contributed by atoms with Crippen molar-refractivity contribution in [3.8, 4) is 11.5 Å². The van der Waals surface area contributed by atoms with Gasteiger partial charge in [-0.25, -0.2) is 4.98 Å². The number of nitro groups is 1. The lowest BCUT2D eigenvalue weighted by Gasteiger charge is -2.26. The average Bonchev–Trinajstić information content (AvgIpc) is 2.80. The van der Waals surface area contributed by atoms with Crippen molar-refractivity contribution >= 4 is 28.0 Å². The van der Waals surface area contributed by atoms with E-state index >= 15 is 0 Å². The lowest BCUT2D eigenvalue weighted by atomic mass is 10.1. The highest BCUT2D eigenvalue weighted by molar-refractivity contribution is 5.99. The van der Waals surface area contributed by atoms with Crippen molar-refractivity contribution < 1.29 is 19.1 Å².